The highest BCUT2D eigenvalue weighted by molar-refractivity contribution is 7.13. The molecule has 0 aromatic carbocycles. The van der Waals surface area contributed by atoms with Gasteiger partial charge in [0.25, 0.3) is 0 Å². The maximum atomic E-state index is 12.6. The smallest absolute Gasteiger partial charge is 0.246 e. The van der Waals surface area contributed by atoms with Crippen LogP contribution in [0.4, 0.5) is 10.9 Å². The number of likely N-dealkylation sites (tertiary alicyclic amines) is 1. The van der Waals surface area contributed by atoms with Gasteiger partial charge in [0.05, 0.1) is 10.7 Å². The van der Waals surface area contributed by atoms with Crippen LogP contribution < -0.4 is 5.32 Å². The minimum atomic E-state index is 0.0502. The number of anilines is 2. The molecule has 150 valence electrons. The third-order valence-electron chi connectivity index (χ3n) is 4.75. The fraction of sp³-hybridized carbons (Fsp3) is 0.350. The summed E-state index contributed by atoms with van der Waals surface area (Å²) in [5, 5.41) is 8.90. The van der Waals surface area contributed by atoms with Crippen molar-refractivity contribution >= 4 is 45.6 Å². The third-order valence-corrected chi connectivity index (χ3v) is 6.23. The van der Waals surface area contributed by atoms with Gasteiger partial charge in [-0.15, -0.1) is 22.7 Å². The minimum absolute atomic E-state index is 0.0502. The Morgan fingerprint density at radius 1 is 1.34 bits per heavy atom. The van der Waals surface area contributed by atoms with Crippen molar-refractivity contribution in [3.63, 3.8) is 0 Å². The van der Waals surface area contributed by atoms with Gasteiger partial charge < -0.3 is 10.2 Å². The monoisotopic (exact) mass is 426 g/mol. The van der Waals surface area contributed by atoms with Gasteiger partial charge >= 0.3 is 0 Å². The van der Waals surface area contributed by atoms with Gasteiger partial charge in [0, 0.05) is 47.9 Å². The molecular formula is C20H22N6OS2. The summed E-state index contributed by atoms with van der Waals surface area (Å²) in [5.41, 5.74) is 1.82. The zero-order valence-corrected chi connectivity index (χ0v) is 17.7. The van der Waals surface area contributed by atoms with Crippen molar-refractivity contribution in [1.82, 2.24) is 24.8 Å². The standard InChI is InChI=1S/C20H22N6OS2/c1-14-24-16(12-29-14)4-5-19(27)26-7-2-3-15(11-26)9-17-10-18(23-13-22-17)25-20-21-6-8-28-20/h4-6,8,10,12-13,15H,2-3,7,9,11H2,1H3,(H,21,22,23,25)/b5-4+. The number of carbonyl (C=O) groups excluding carboxylic acids is 1. The zero-order valence-electron chi connectivity index (χ0n) is 16.1. The number of aromatic nitrogens is 4. The van der Waals surface area contributed by atoms with E-state index in [9.17, 15) is 4.79 Å². The van der Waals surface area contributed by atoms with E-state index >= 15 is 0 Å². The van der Waals surface area contributed by atoms with Gasteiger partial charge in [-0.05, 0) is 38.2 Å². The molecule has 0 radical (unpaired) electrons. The second-order valence-electron chi connectivity index (χ2n) is 6.98. The van der Waals surface area contributed by atoms with Gasteiger partial charge in [-0.1, -0.05) is 0 Å². The van der Waals surface area contributed by atoms with Crippen LogP contribution in [0.15, 0.2) is 35.4 Å². The highest BCUT2D eigenvalue weighted by atomic mass is 32.1. The maximum Gasteiger partial charge on any atom is 0.246 e. The Balaban J connectivity index is 1.35. The number of nitrogens with zero attached hydrogens (tertiary/aromatic N) is 5. The second kappa shape index (κ2) is 9.23. The average Bonchev–Trinajstić information content (AvgIpc) is 3.38. The molecule has 3 aromatic heterocycles. The molecule has 7 nitrogen and oxygen atoms in total. The van der Waals surface area contributed by atoms with Crippen LogP contribution in [0.3, 0.4) is 0 Å². The predicted molar refractivity (Wildman–Crippen MR) is 116 cm³/mol. The van der Waals surface area contributed by atoms with E-state index in [0.29, 0.717) is 5.92 Å². The summed E-state index contributed by atoms with van der Waals surface area (Å²) in [7, 11) is 0. The van der Waals surface area contributed by atoms with Crippen LogP contribution >= 0.6 is 22.7 Å². The molecule has 1 fully saturated rings. The third kappa shape index (κ3) is 5.45. The van der Waals surface area contributed by atoms with E-state index in [2.05, 4.69) is 25.3 Å². The molecule has 1 unspecified atom stereocenters. The number of nitrogens with one attached hydrogen (secondary N) is 1. The number of aryl methyl sites for hydroxylation is 1. The number of piperidine rings is 1. The van der Waals surface area contributed by atoms with Crippen molar-refractivity contribution in [3.05, 3.63) is 51.8 Å². The van der Waals surface area contributed by atoms with Gasteiger partial charge in [0.2, 0.25) is 5.91 Å². The molecule has 1 saturated heterocycles. The van der Waals surface area contributed by atoms with Crippen molar-refractivity contribution in [2.24, 2.45) is 5.92 Å². The molecule has 9 heteroatoms. The fourth-order valence-corrected chi connectivity index (χ4v) is 4.54. The second-order valence-corrected chi connectivity index (χ2v) is 8.93. The van der Waals surface area contributed by atoms with Crippen LogP contribution in [0.2, 0.25) is 0 Å². The van der Waals surface area contributed by atoms with Crippen LogP contribution in [0.5, 0.6) is 0 Å². The predicted octanol–water partition coefficient (Wildman–Crippen LogP) is 3.94. The Morgan fingerprint density at radius 3 is 3.07 bits per heavy atom. The highest BCUT2D eigenvalue weighted by Gasteiger charge is 2.23. The van der Waals surface area contributed by atoms with Crippen molar-refractivity contribution in [2.75, 3.05) is 18.4 Å². The molecule has 1 aliphatic heterocycles. The number of hydrogen-bond acceptors (Lipinski definition) is 8. The molecule has 0 spiro atoms. The van der Waals surface area contributed by atoms with Crippen molar-refractivity contribution in [3.8, 4) is 0 Å². The molecule has 0 bridgehead atoms. The number of carbonyl (C=O) groups is 1. The van der Waals surface area contributed by atoms with E-state index in [1.165, 1.54) is 11.3 Å². The normalized spacial score (nSPS) is 17.0. The summed E-state index contributed by atoms with van der Waals surface area (Å²) in [6, 6.07) is 1.96. The Kier molecular flexibility index (Phi) is 6.26. The first-order valence-corrected chi connectivity index (χ1v) is 11.3. The van der Waals surface area contributed by atoms with Gasteiger partial charge in [0.15, 0.2) is 5.13 Å². The maximum absolute atomic E-state index is 12.6. The molecule has 4 rings (SSSR count). The minimum Gasteiger partial charge on any atom is -0.339 e. The van der Waals surface area contributed by atoms with E-state index in [1.807, 2.05) is 28.7 Å². The van der Waals surface area contributed by atoms with Gasteiger partial charge in [-0.2, -0.15) is 0 Å². The van der Waals surface area contributed by atoms with Crippen molar-refractivity contribution in [1.29, 1.82) is 0 Å². The largest absolute Gasteiger partial charge is 0.339 e. The molecule has 0 saturated carbocycles. The van der Waals surface area contributed by atoms with Crippen LogP contribution in [0.25, 0.3) is 6.08 Å². The van der Waals surface area contributed by atoms with E-state index in [0.717, 1.165) is 59.7 Å². The van der Waals surface area contributed by atoms with Crippen LogP contribution in [-0.2, 0) is 11.2 Å². The lowest BCUT2D eigenvalue weighted by atomic mass is 9.93. The van der Waals surface area contributed by atoms with Gasteiger partial charge in [0.1, 0.15) is 12.1 Å². The molecule has 0 aliphatic carbocycles. The molecule has 3 aromatic rings. The lowest BCUT2D eigenvalue weighted by Gasteiger charge is -2.32. The molecule has 1 amide bonds. The number of thiazole rings is 2. The topological polar surface area (TPSA) is 83.9 Å². The summed E-state index contributed by atoms with van der Waals surface area (Å²) in [5.74, 6) is 1.19. The molecule has 29 heavy (non-hydrogen) atoms. The summed E-state index contributed by atoms with van der Waals surface area (Å²) in [6.07, 6.45) is 9.71. The quantitative estimate of drug-likeness (QED) is 0.601. The highest BCUT2D eigenvalue weighted by Crippen LogP contribution is 2.22. The fourth-order valence-electron chi connectivity index (χ4n) is 3.42. The summed E-state index contributed by atoms with van der Waals surface area (Å²) in [6.45, 7) is 3.51. The Bertz CT molecular complexity index is 985. The first-order valence-electron chi connectivity index (χ1n) is 9.52. The van der Waals surface area contributed by atoms with E-state index < -0.39 is 0 Å². The Labute approximate surface area is 177 Å². The molecule has 1 atom stereocenters. The number of hydrogen-bond donors (Lipinski definition) is 1. The lowest BCUT2D eigenvalue weighted by molar-refractivity contribution is -0.127. The van der Waals surface area contributed by atoms with Crippen molar-refractivity contribution in [2.45, 2.75) is 26.2 Å². The lowest BCUT2D eigenvalue weighted by Crippen LogP contribution is -2.39. The van der Waals surface area contributed by atoms with Crippen LogP contribution in [0.1, 0.15) is 29.2 Å². The first kappa shape index (κ1) is 19.7. The SMILES string of the molecule is Cc1nc(/C=C/C(=O)N2CCCC(Cc3cc(Nc4nccs4)ncn3)C2)cs1. The Hall–Kier alpha value is -2.65. The zero-order chi connectivity index (χ0) is 20.1. The van der Waals surface area contributed by atoms with E-state index in [4.69, 9.17) is 0 Å². The molecule has 1 N–H and O–H groups in total. The molecule has 1 aliphatic rings. The summed E-state index contributed by atoms with van der Waals surface area (Å²) in [4.78, 5) is 31.8. The molecule has 4 heterocycles. The average molecular weight is 427 g/mol. The van der Waals surface area contributed by atoms with E-state index in [-0.39, 0.29) is 5.91 Å². The number of amides is 1. The molecular weight excluding hydrogens is 404 g/mol. The van der Waals surface area contributed by atoms with Crippen LogP contribution in [0, 0.1) is 12.8 Å². The van der Waals surface area contributed by atoms with Crippen molar-refractivity contribution < 1.29 is 4.79 Å². The number of rotatable bonds is 6. The van der Waals surface area contributed by atoms with E-state index in [1.54, 1.807) is 36.0 Å². The first-order chi connectivity index (χ1) is 14.2. The van der Waals surface area contributed by atoms with Crippen LogP contribution in [-0.4, -0.2) is 43.8 Å². The van der Waals surface area contributed by atoms with Gasteiger partial charge in [-0.25, -0.2) is 19.9 Å². The summed E-state index contributed by atoms with van der Waals surface area (Å²) < 4.78 is 0. The Morgan fingerprint density at radius 2 is 2.28 bits per heavy atom. The summed E-state index contributed by atoms with van der Waals surface area (Å²) >= 11 is 3.12. The van der Waals surface area contributed by atoms with Gasteiger partial charge in [-0.3, -0.25) is 4.79 Å².